The smallest absolute Gasteiger partial charge is 0.261 e. The molecule has 0 unspecified atom stereocenters. The topological polar surface area (TPSA) is 96.1 Å². The molecule has 2 N–H and O–H groups in total. The van der Waals surface area contributed by atoms with E-state index in [0.29, 0.717) is 12.1 Å². The Morgan fingerprint density at radius 3 is 2.67 bits per heavy atom. The van der Waals surface area contributed by atoms with Gasteiger partial charge in [-0.2, -0.15) is 0 Å². The van der Waals surface area contributed by atoms with Crippen LogP contribution in [-0.4, -0.2) is 36.9 Å². The van der Waals surface area contributed by atoms with Gasteiger partial charge in [-0.1, -0.05) is 23.8 Å². The summed E-state index contributed by atoms with van der Waals surface area (Å²) in [5, 5.41) is 2.62. The highest BCUT2D eigenvalue weighted by Gasteiger charge is 2.29. The first-order chi connectivity index (χ1) is 11.3. The fourth-order valence-corrected chi connectivity index (χ4v) is 4.48. The number of hydrogen-bond donors (Lipinski definition) is 2. The molecule has 0 bridgehead atoms. The number of aromatic amines is 1. The van der Waals surface area contributed by atoms with Gasteiger partial charge in [0.25, 0.3) is 11.5 Å². The summed E-state index contributed by atoms with van der Waals surface area (Å²) in [4.78, 5) is 27.1. The Bertz CT molecular complexity index is 947. The van der Waals surface area contributed by atoms with E-state index in [0.717, 1.165) is 11.1 Å². The van der Waals surface area contributed by atoms with Crippen molar-refractivity contribution < 1.29 is 13.2 Å². The van der Waals surface area contributed by atoms with Crippen LogP contribution in [0.15, 0.2) is 41.2 Å². The fourth-order valence-electron chi connectivity index (χ4n) is 2.81. The molecule has 2 aromatic rings. The van der Waals surface area contributed by atoms with Crippen LogP contribution in [0.2, 0.25) is 0 Å². The molecule has 1 amide bonds. The van der Waals surface area contributed by atoms with E-state index in [1.54, 1.807) is 6.07 Å². The highest BCUT2D eigenvalue weighted by atomic mass is 32.2. The predicted octanol–water partition coefficient (Wildman–Crippen LogP) is 1.27. The third-order valence-electron chi connectivity index (χ3n) is 4.05. The molecule has 1 aliphatic rings. The summed E-state index contributed by atoms with van der Waals surface area (Å²) >= 11 is 0. The Balaban J connectivity index is 1.80. The van der Waals surface area contributed by atoms with Crippen molar-refractivity contribution in [3.05, 3.63) is 57.9 Å². The Labute approximate surface area is 139 Å². The second kappa shape index (κ2) is 6.24. The molecule has 7 heteroatoms. The van der Waals surface area contributed by atoms with Crippen molar-refractivity contribution in [2.24, 2.45) is 0 Å². The number of amides is 1. The van der Waals surface area contributed by atoms with Gasteiger partial charge in [-0.05, 0) is 37.1 Å². The Hall–Kier alpha value is -2.41. The van der Waals surface area contributed by atoms with Crippen molar-refractivity contribution in [2.75, 3.05) is 11.5 Å². The van der Waals surface area contributed by atoms with Crippen molar-refractivity contribution >= 4 is 15.7 Å². The van der Waals surface area contributed by atoms with Gasteiger partial charge in [-0.3, -0.25) is 9.59 Å². The molecular weight excluding hydrogens is 328 g/mol. The molecule has 6 nitrogen and oxygen atoms in total. The number of sulfone groups is 1. The quantitative estimate of drug-likeness (QED) is 0.875. The first kappa shape index (κ1) is 16.4. The zero-order valence-electron chi connectivity index (χ0n) is 13.2. The van der Waals surface area contributed by atoms with Crippen LogP contribution in [0, 0.1) is 6.92 Å². The standard InChI is InChI=1S/C17H18N2O4S/c1-11-3-2-4-12(9-11)15-6-5-14(17(21)19-15)16(20)18-13-7-8-24(22,23)10-13/h2-6,9,13H,7-8,10H2,1H3,(H,18,20)(H,19,21)/t13-/m1/s1. The monoisotopic (exact) mass is 346 g/mol. The van der Waals surface area contributed by atoms with E-state index in [4.69, 9.17) is 0 Å². The maximum absolute atomic E-state index is 12.2. The minimum absolute atomic E-state index is 0.0179. The zero-order chi connectivity index (χ0) is 17.3. The second-order valence-corrected chi connectivity index (χ2v) is 8.29. The van der Waals surface area contributed by atoms with E-state index in [-0.39, 0.29) is 17.1 Å². The number of aromatic nitrogens is 1. The number of rotatable bonds is 3. The Morgan fingerprint density at radius 2 is 2.04 bits per heavy atom. The zero-order valence-corrected chi connectivity index (χ0v) is 14.0. The van der Waals surface area contributed by atoms with Crippen LogP contribution in [-0.2, 0) is 9.84 Å². The van der Waals surface area contributed by atoms with Gasteiger partial charge in [0.1, 0.15) is 5.56 Å². The van der Waals surface area contributed by atoms with Crippen LogP contribution in [0.25, 0.3) is 11.3 Å². The van der Waals surface area contributed by atoms with Crippen LogP contribution in [0.5, 0.6) is 0 Å². The number of nitrogens with one attached hydrogen (secondary N) is 2. The lowest BCUT2D eigenvalue weighted by Crippen LogP contribution is -2.38. The Kier molecular flexibility index (Phi) is 4.28. The molecule has 1 aromatic heterocycles. The van der Waals surface area contributed by atoms with Crippen molar-refractivity contribution in [1.29, 1.82) is 0 Å². The number of pyridine rings is 1. The molecule has 0 radical (unpaired) electrons. The molecule has 1 atom stereocenters. The third-order valence-corrected chi connectivity index (χ3v) is 5.82. The molecule has 0 aliphatic carbocycles. The summed E-state index contributed by atoms with van der Waals surface area (Å²) in [6.07, 6.45) is 0.382. The van der Waals surface area contributed by atoms with E-state index in [1.165, 1.54) is 6.07 Å². The molecular formula is C17H18N2O4S. The van der Waals surface area contributed by atoms with E-state index in [2.05, 4.69) is 10.3 Å². The lowest BCUT2D eigenvalue weighted by Gasteiger charge is -2.11. The molecule has 2 heterocycles. The second-order valence-electron chi connectivity index (χ2n) is 6.06. The lowest BCUT2D eigenvalue weighted by atomic mass is 10.1. The molecule has 126 valence electrons. The Morgan fingerprint density at radius 1 is 1.25 bits per heavy atom. The molecule has 1 saturated heterocycles. The van der Waals surface area contributed by atoms with Crippen LogP contribution >= 0.6 is 0 Å². The number of benzene rings is 1. The van der Waals surface area contributed by atoms with Gasteiger partial charge < -0.3 is 10.3 Å². The normalized spacial score (nSPS) is 19.1. The fraction of sp³-hybridized carbons (Fsp3) is 0.294. The number of hydrogen-bond acceptors (Lipinski definition) is 4. The van der Waals surface area contributed by atoms with Gasteiger partial charge in [0.2, 0.25) is 0 Å². The summed E-state index contributed by atoms with van der Waals surface area (Å²) in [6.45, 7) is 1.96. The van der Waals surface area contributed by atoms with E-state index in [1.807, 2.05) is 31.2 Å². The van der Waals surface area contributed by atoms with Crippen molar-refractivity contribution in [2.45, 2.75) is 19.4 Å². The van der Waals surface area contributed by atoms with E-state index < -0.39 is 27.3 Å². The molecule has 1 fully saturated rings. The van der Waals surface area contributed by atoms with Gasteiger partial charge in [-0.15, -0.1) is 0 Å². The van der Waals surface area contributed by atoms with E-state index in [9.17, 15) is 18.0 Å². The summed E-state index contributed by atoms with van der Waals surface area (Å²) in [6, 6.07) is 10.4. The first-order valence-electron chi connectivity index (χ1n) is 7.66. The minimum Gasteiger partial charge on any atom is -0.348 e. The average molecular weight is 346 g/mol. The predicted molar refractivity (Wildman–Crippen MR) is 91.8 cm³/mol. The molecule has 24 heavy (non-hydrogen) atoms. The maximum atomic E-state index is 12.2. The number of carbonyl (C=O) groups excluding carboxylic acids is 1. The highest BCUT2D eigenvalue weighted by Crippen LogP contribution is 2.17. The summed E-state index contributed by atoms with van der Waals surface area (Å²) in [5.41, 5.74) is 2.05. The van der Waals surface area contributed by atoms with Crippen LogP contribution < -0.4 is 10.9 Å². The van der Waals surface area contributed by atoms with Gasteiger partial charge in [0, 0.05) is 11.7 Å². The number of carbonyl (C=O) groups is 1. The maximum Gasteiger partial charge on any atom is 0.261 e. The number of aryl methyl sites for hydroxylation is 1. The largest absolute Gasteiger partial charge is 0.348 e. The molecule has 0 saturated carbocycles. The number of H-pyrrole nitrogens is 1. The lowest BCUT2D eigenvalue weighted by molar-refractivity contribution is 0.0939. The minimum atomic E-state index is -3.08. The molecule has 3 rings (SSSR count). The van der Waals surface area contributed by atoms with Crippen molar-refractivity contribution in [3.63, 3.8) is 0 Å². The molecule has 0 spiro atoms. The van der Waals surface area contributed by atoms with Crippen LogP contribution in [0.3, 0.4) is 0 Å². The summed E-state index contributed by atoms with van der Waals surface area (Å²) < 4.78 is 22.9. The van der Waals surface area contributed by atoms with Gasteiger partial charge in [0.15, 0.2) is 9.84 Å². The third kappa shape index (κ3) is 3.56. The van der Waals surface area contributed by atoms with Crippen molar-refractivity contribution in [3.8, 4) is 11.3 Å². The van der Waals surface area contributed by atoms with Gasteiger partial charge in [0.05, 0.1) is 11.5 Å². The SMILES string of the molecule is Cc1cccc(-c2ccc(C(=O)N[C@@H]3CCS(=O)(=O)C3)c(=O)[nH]2)c1. The van der Waals surface area contributed by atoms with E-state index >= 15 is 0 Å². The average Bonchev–Trinajstić information content (AvgIpc) is 2.85. The highest BCUT2D eigenvalue weighted by molar-refractivity contribution is 7.91. The van der Waals surface area contributed by atoms with Gasteiger partial charge >= 0.3 is 0 Å². The summed E-state index contributed by atoms with van der Waals surface area (Å²) in [7, 11) is -3.08. The van der Waals surface area contributed by atoms with Crippen LogP contribution in [0.4, 0.5) is 0 Å². The molecule has 1 aliphatic heterocycles. The van der Waals surface area contributed by atoms with Crippen LogP contribution in [0.1, 0.15) is 22.3 Å². The van der Waals surface area contributed by atoms with Crippen molar-refractivity contribution in [1.82, 2.24) is 10.3 Å². The first-order valence-corrected chi connectivity index (χ1v) is 9.48. The molecule has 1 aromatic carbocycles. The van der Waals surface area contributed by atoms with Gasteiger partial charge in [-0.25, -0.2) is 8.42 Å². The summed E-state index contributed by atoms with van der Waals surface area (Å²) in [5.74, 6) is -0.548.